The SMILES string of the molecule is O=S(=O)(O)O.[Ca+2].[Ca+2].[Ca+2].[Ca+2].[Ca+2].[Ca+2].[Ca+2].[Ca+2].[Ca+2].[Ca+2].[Ca+2].[Ca+2].[Ca+2].[Ca+2].[Ca+2].[Ca+2].[Ca+2].[Ca+2].[Ca+2].[Ca+2].[Ca+2].[Ca+2].[Ca+2].[Ca+2].[Ca+2].[Ca+2].[Ca+2].[Ca+2].[Ca+2].[Ca+2].[Ca+2].[Ca+2].[Ca+2].[Ca+2].[Ca+2].[Ca+2].[Ca+2].[Ca+2].[Ca+2].[Ca+2].[Ca+2].[Ca+2].[Ca+2].[Ca+2].[Ca+2].[Ca+2].[Ca+2].[Ca+2].[Ca+2].[Ca+2].[Ca+2].[Ca+2].[Ca+2].[Ca+2].[Ca+2].[Ca+2].[Ca+2]. The third-order valence-corrected chi connectivity index (χ3v) is 0. The van der Waals surface area contributed by atoms with Crippen LogP contribution in [0.25, 0.3) is 0 Å². The Morgan fingerprint density at radius 1 is 0.113 bits per heavy atom. The number of hydrogen-bond acceptors (Lipinski definition) is 2. The van der Waals surface area contributed by atoms with E-state index in [9.17, 15) is 0 Å². The Morgan fingerprint density at radius 3 is 0.113 bits per heavy atom. The van der Waals surface area contributed by atoms with Crippen LogP contribution in [0.3, 0.4) is 0 Å². The molecule has 62 heteroatoms. The van der Waals surface area contributed by atoms with Crippen LogP contribution < -0.4 is 0 Å². The van der Waals surface area contributed by atoms with E-state index in [-0.39, 0.29) is 2150 Å². The molecule has 0 amide bonds. The van der Waals surface area contributed by atoms with Crippen molar-refractivity contribution in [2.45, 2.75) is 0 Å². The number of rotatable bonds is 0. The van der Waals surface area contributed by atoms with Crippen LogP contribution in [-0.4, -0.2) is 2170 Å². The summed E-state index contributed by atoms with van der Waals surface area (Å²) in [6.45, 7) is 0. The summed E-state index contributed by atoms with van der Waals surface area (Å²) < 4.78 is 31.6. The van der Waals surface area contributed by atoms with Crippen molar-refractivity contribution in [3.8, 4) is 0 Å². The maximum Gasteiger partial charge on any atom is 2.00 e. The maximum absolute atomic E-state index is 8.74. The van der Waals surface area contributed by atoms with Gasteiger partial charge in [-0.25, -0.2) is 0 Å². The van der Waals surface area contributed by atoms with Crippen molar-refractivity contribution < 1.29 is 17.5 Å². The molecule has 0 aliphatic rings. The Balaban J connectivity index is -0.0000000000501. The van der Waals surface area contributed by atoms with Gasteiger partial charge >= 0.3 is 2160 Å². The Morgan fingerprint density at radius 2 is 0.113 bits per heavy atom. The molecule has 2 N–H and O–H groups in total. The average Bonchev–Trinajstić information content (AvgIpc) is 0.722. The minimum atomic E-state index is -4.67. The van der Waals surface area contributed by atoms with Gasteiger partial charge in [-0.1, -0.05) is 0 Å². The maximum atomic E-state index is 8.74. The second-order valence-corrected chi connectivity index (χ2v) is 1.34. The molecule has 4 nitrogen and oxygen atoms in total. The van der Waals surface area contributed by atoms with E-state index < -0.39 is 10.4 Å². The van der Waals surface area contributed by atoms with Gasteiger partial charge in [0.1, 0.15) is 0 Å². The van der Waals surface area contributed by atoms with E-state index in [1.54, 1.807) is 0 Å². The van der Waals surface area contributed by atoms with Gasteiger partial charge in [-0.05, 0) is 0 Å². The fourth-order valence-corrected chi connectivity index (χ4v) is 0. The molecular weight excluding hydrogens is 2380 g/mol. The zero-order valence-corrected chi connectivity index (χ0v) is 169. The monoisotopic (exact) mass is 2380 g/mol. The van der Waals surface area contributed by atoms with Gasteiger partial charge in [-0.2, -0.15) is 8.42 Å². The zero-order valence-electron chi connectivity index (χ0n) is 42.4. The van der Waals surface area contributed by atoms with Crippen molar-refractivity contribution >= 4 is 2160 Å². The van der Waals surface area contributed by atoms with E-state index in [4.69, 9.17) is 17.5 Å². The molecule has 0 aromatic carbocycles. The first-order chi connectivity index (χ1) is 2.00. The third kappa shape index (κ3) is 438. The summed E-state index contributed by atoms with van der Waals surface area (Å²) in [4.78, 5) is 0. The topological polar surface area (TPSA) is 74.6 Å². The van der Waals surface area contributed by atoms with Crippen LogP contribution in [0.2, 0.25) is 0 Å². The van der Waals surface area contributed by atoms with Crippen molar-refractivity contribution in [3.63, 3.8) is 0 Å². The summed E-state index contributed by atoms with van der Waals surface area (Å²) in [5.74, 6) is 0. The first-order valence-electron chi connectivity index (χ1n) is 0.698. The van der Waals surface area contributed by atoms with Crippen molar-refractivity contribution in [2.24, 2.45) is 0 Å². The molecule has 0 aliphatic heterocycles. The Kier molecular flexibility index (Phi) is 2530. The Labute approximate surface area is 2090 Å². The van der Waals surface area contributed by atoms with E-state index in [1.165, 1.54) is 0 Å². The molecule has 0 heterocycles. The molecule has 0 radical (unpaired) electrons. The van der Waals surface area contributed by atoms with Crippen LogP contribution in [0.1, 0.15) is 0 Å². The standard InChI is InChI=1S/57Ca.H2O4S/c;;;;;;;;;;;;;;;;;;;;;;;;;;;;;;;;;;;;;;;;;;;;;;;;;;;;;;;;;1-5(2,3)4/h;;;;;;;;;;;;;;;;;;;;;;;;;;;;;;;;;;;;;;;;;;;;;;;;;;;;;;;;;(H2,1,2,3,4)/q57*+2;. The molecule has 0 spiro atoms. The van der Waals surface area contributed by atoms with Gasteiger partial charge in [0, 0.05) is 0 Å². The quantitative estimate of drug-likeness (QED) is 0.187. The molecule has 62 heavy (non-hydrogen) atoms. The fourth-order valence-electron chi connectivity index (χ4n) is 0. The van der Waals surface area contributed by atoms with E-state index >= 15 is 0 Å². The van der Waals surface area contributed by atoms with Crippen LogP contribution in [0.15, 0.2) is 0 Å². The molecule has 0 fully saturated rings. The summed E-state index contributed by atoms with van der Waals surface area (Å²) in [6.07, 6.45) is 0. The predicted octanol–water partition coefficient (Wildman–Crippen LogP) is -22.4. The summed E-state index contributed by atoms with van der Waals surface area (Å²) in [6, 6.07) is 0. The fraction of sp³-hybridized carbons (Fsp3) is 0. The van der Waals surface area contributed by atoms with E-state index in [0.29, 0.717) is 0 Å². The summed E-state index contributed by atoms with van der Waals surface area (Å²) in [7, 11) is -4.67. The van der Waals surface area contributed by atoms with Crippen molar-refractivity contribution in [3.05, 3.63) is 0 Å². The molecule has 0 atom stereocenters. The average molecular weight is 2380 g/mol. The van der Waals surface area contributed by atoms with E-state index in [0.717, 1.165) is 0 Å². The summed E-state index contributed by atoms with van der Waals surface area (Å²) in [5, 5.41) is 0. The molecule has 0 saturated heterocycles. The predicted molar refractivity (Wildman–Crippen MR) is 342 cm³/mol. The van der Waals surface area contributed by atoms with Crippen molar-refractivity contribution in [1.82, 2.24) is 0 Å². The molecule has 0 saturated carbocycles. The smallest absolute Gasteiger partial charge is 0.264 e. The van der Waals surface area contributed by atoms with Crippen LogP contribution in [0, 0.1) is 0 Å². The van der Waals surface area contributed by atoms with Gasteiger partial charge in [0.2, 0.25) is 0 Å². The summed E-state index contributed by atoms with van der Waals surface area (Å²) >= 11 is 0. The van der Waals surface area contributed by atoms with Gasteiger partial charge in [-0.15, -0.1) is 0 Å². The number of hydrogen-bond donors (Lipinski definition) is 2. The molecule has 0 rings (SSSR count). The van der Waals surface area contributed by atoms with Gasteiger partial charge < -0.3 is 0 Å². The Bertz CT molecular complexity index is 112. The van der Waals surface area contributed by atoms with Gasteiger partial charge in [0.25, 0.3) is 0 Å². The van der Waals surface area contributed by atoms with Crippen molar-refractivity contribution in [1.29, 1.82) is 0 Å². The van der Waals surface area contributed by atoms with Crippen LogP contribution in [0.4, 0.5) is 0 Å². The van der Waals surface area contributed by atoms with Crippen LogP contribution >= 0.6 is 0 Å². The van der Waals surface area contributed by atoms with Crippen LogP contribution in [0.5, 0.6) is 0 Å². The molecule has 0 aromatic rings. The first-order valence-corrected chi connectivity index (χ1v) is 2.10. The van der Waals surface area contributed by atoms with Crippen LogP contribution in [-0.2, 0) is 10.4 Å². The summed E-state index contributed by atoms with van der Waals surface area (Å²) in [5.41, 5.74) is 0. The van der Waals surface area contributed by atoms with E-state index in [2.05, 4.69) is 0 Å². The van der Waals surface area contributed by atoms with Gasteiger partial charge in [0.05, 0.1) is 0 Å². The first kappa shape index (κ1) is 411. The normalized spacial score (nSPS) is 0.935. The molecule has 0 bridgehead atoms. The molecule has 32 valence electrons. The van der Waals surface area contributed by atoms with Gasteiger partial charge in [0.15, 0.2) is 0 Å². The van der Waals surface area contributed by atoms with Crippen molar-refractivity contribution in [2.75, 3.05) is 0 Å². The molecule has 0 aliphatic carbocycles. The second kappa shape index (κ2) is 381. The van der Waals surface area contributed by atoms with Gasteiger partial charge in [-0.3, -0.25) is 9.11 Å². The molecular formula is H2Ca57O4S+114. The minimum Gasteiger partial charge on any atom is -0.264 e. The Hall–Kier alpha value is 71.7. The largest absolute Gasteiger partial charge is 2.00 e. The van der Waals surface area contributed by atoms with E-state index in [1.807, 2.05) is 0 Å². The third-order valence-electron chi connectivity index (χ3n) is 0. The second-order valence-electron chi connectivity index (χ2n) is 0.448. The molecule has 0 aromatic heterocycles. The minimum absolute atomic E-state index is 0. The molecule has 0 unspecified atom stereocenters. The zero-order chi connectivity index (χ0) is 4.50.